The number of hydrogen-bond acceptors (Lipinski definition) is 7. The minimum absolute atomic E-state index is 0.409. The van der Waals surface area contributed by atoms with E-state index in [0.29, 0.717) is 12.1 Å². The number of hydrazine groups is 1. The summed E-state index contributed by atoms with van der Waals surface area (Å²) in [6, 6.07) is 9.37. The van der Waals surface area contributed by atoms with Gasteiger partial charge in [0.1, 0.15) is 0 Å². The Morgan fingerprint density at radius 1 is 1.33 bits per heavy atom. The van der Waals surface area contributed by atoms with E-state index in [9.17, 15) is 0 Å². The van der Waals surface area contributed by atoms with Crippen molar-refractivity contribution in [3.8, 4) is 6.07 Å². The van der Waals surface area contributed by atoms with Gasteiger partial charge in [-0.3, -0.25) is 0 Å². The van der Waals surface area contributed by atoms with Crippen molar-refractivity contribution in [2.45, 2.75) is 6.54 Å². The molecule has 1 N–H and O–H groups in total. The molecule has 0 amide bonds. The molecule has 0 bridgehead atoms. The molecule has 74 valence electrons. The van der Waals surface area contributed by atoms with Crippen LogP contribution >= 0.6 is 0 Å². The van der Waals surface area contributed by atoms with E-state index in [1.807, 2.05) is 18.2 Å². The number of nitriles is 1. The average molecular weight is 201 g/mol. The van der Waals surface area contributed by atoms with Gasteiger partial charge >= 0.3 is 0 Å². The van der Waals surface area contributed by atoms with Gasteiger partial charge in [-0.2, -0.15) is 15.9 Å². The fourth-order valence-electron chi connectivity index (χ4n) is 1.17. The Kier molecular flexibility index (Phi) is 2.51. The third-order valence-electron chi connectivity index (χ3n) is 1.85. The summed E-state index contributed by atoms with van der Waals surface area (Å²) < 4.78 is 0. The van der Waals surface area contributed by atoms with Crippen molar-refractivity contribution in [3.05, 3.63) is 35.4 Å². The predicted molar refractivity (Wildman–Crippen MR) is 49.5 cm³/mol. The molecule has 2 rings (SSSR count). The van der Waals surface area contributed by atoms with E-state index in [2.05, 4.69) is 32.5 Å². The lowest BCUT2D eigenvalue weighted by molar-refractivity contribution is 0.147. The SMILES string of the molecule is N#Cc1ccccc1CN1N=NN=NN1. The Bertz CT molecular complexity index is 445. The molecule has 0 fully saturated rings. The quantitative estimate of drug-likeness (QED) is 0.786. The maximum absolute atomic E-state index is 8.86. The van der Waals surface area contributed by atoms with Gasteiger partial charge in [0.05, 0.1) is 18.2 Å². The van der Waals surface area contributed by atoms with Crippen molar-refractivity contribution in [1.82, 2.24) is 10.7 Å². The molecule has 0 aliphatic carbocycles. The van der Waals surface area contributed by atoms with Crippen LogP contribution < -0.4 is 5.53 Å². The van der Waals surface area contributed by atoms with E-state index < -0.39 is 0 Å². The zero-order valence-electron chi connectivity index (χ0n) is 7.70. The Balaban J connectivity index is 2.14. The van der Waals surface area contributed by atoms with Crippen molar-refractivity contribution >= 4 is 0 Å². The lowest BCUT2D eigenvalue weighted by Crippen LogP contribution is -2.29. The highest BCUT2D eigenvalue weighted by Crippen LogP contribution is 2.10. The Hall–Kier alpha value is -2.49. The fourth-order valence-corrected chi connectivity index (χ4v) is 1.17. The highest BCUT2D eigenvalue weighted by atomic mass is 15.9. The van der Waals surface area contributed by atoms with Crippen LogP contribution in [0.3, 0.4) is 0 Å². The maximum atomic E-state index is 8.86. The van der Waals surface area contributed by atoms with E-state index in [1.54, 1.807) is 6.07 Å². The van der Waals surface area contributed by atoms with Gasteiger partial charge in [-0.05, 0) is 32.5 Å². The van der Waals surface area contributed by atoms with Crippen LogP contribution in [0.2, 0.25) is 0 Å². The van der Waals surface area contributed by atoms with Gasteiger partial charge < -0.3 is 0 Å². The molecular weight excluding hydrogens is 194 g/mol. The summed E-state index contributed by atoms with van der Waals surface area (Å²) in [4.78, 5) is 0. The summed E-state index contributed by atoms with van der Waals surface area (Å²) in [5.41, 5.74) is 4.00. The number of nitrogens with one attached hydrogen (secondary N) is 1. The molecule has 15 heavy (non-hydrogen) atoms. The molecule has 0 atom stereocenters. The highest BCUT2D eigenvalue weighted by Gasteiger charge is 2.07. The minimum atomic E-state index is 0.409. The van der Waals surface area contributed by atoms with Crippen molar-refractivity contribution in [3.63, 3.8) is 0 Å². The van der Waals surface area contributed by atoms with Gasteiger partial charge in [-0.15, -0.1) is 0 Å². The maximum Gasteiger partial charge on any atom is 0.0995 e. The Morgan fingerprint density at radius 2 is 2.20 bits per heavy atom. The molecule has 0 radical (unpaired) electrons. The van der Waals surface area contributed by atoms with Crippen LogP contribution in [0.5, 0.6) is 0 Å². The smallest absolute Gasteiger partial charge is 0.0995 e. The summed E-state index contributed by atoms with van der Waals surface area (Å²) in [7, 11) is 0. The second kappa shape index (κ2) is 4.15. The van der Waals surface area contributed by atoms with Gasteiger partial charge in [-0.1, -0.05) is 18.2 Å². The van der Waals surface area contributed by atoms with E-state index >= 15 is 0 Å². The molecule has 7 nitrogen and oxygen atoms in total. The molecule has 1 aromatic rings. The van der Waals surface area contributed by atoms with E-state index in [4.69, 9.17) is 5.26 Å². The first-order valence-corrected chi connectivity index (χ1v) is 4.22. The number of rotatable bonds is 2. The van der Waals surface area contributed by atoms with E-state index in [-0.39, 0.29) is 0 Å². The van der Waals surface area contributed by atoms with E-state index in [0.717, 1.165) is 5.56 Å². The molecule has 0 unspecified atom stereocenters. The highest BCUT2D eigenvalue weighted by molar-refractivity contribution is 5.37. The first kappa shape index (κ1) is 9.08. The van der Waals surface area contributed by atoms with Crippen LogP contribution in [-0.4, -0.2) is 5.12 Å². The van der Waals surface area contributed by atoms with Crippen LogP contribution in [-0.2, 0) is 6.54 Å². The summed E-state index contributed by atoms with van der Waals surface area (Å²) in [5.74, 6) is 0. The van der Waals surface area contributed by atoms with E-state index in [1.165, 1.54) is 5.12 Å². The molecule has 0 aromatic heterocycles. The van der Waals surface area contributed by atoms with Gasteiger partial charge in [-0.25, -0.2) is 0 Å². The summed E-state index contributed by atoms with van der Waals surface area (Å²) in [6.07, 6.45) is 0. The molecule has 7 heteroatoms. The van der Waals surface area contributed by atoms with Crippen molar-refractivity contribution in [2.75, 3.05) is 0 Å². The molecular formula is C8H7N7. The molecule has 1 aliphatic rings. The van der Waals surface area contributed by atoms with Crippen molar-refractivity contribution < 1.29 is 0 Å². The number of hydrogen-bond donors (Lipinski definition) is 1. The van der Waals surface area contributed by atoms with Crippen LogP contribution in [0.4, 0.5) is 0 Å². The topological polar surface area (TPSA) is 88.5 Å². The lowest BCUT2D eigenvalue weighted by atomic mass is 10.1. The molecule has 1 aliphatic heterocycles. The van der Waals surface area contributed by atoms with Crippen LogP contribution in [0.15, 0.2) is 45.2 Å². The Morgan fingerprint density at radius 3 is 2.93 bits per heavy atom. The zero-order valence-corrected chi connectivity index (χ0v) is 7.70. The Labute approximate surface area is 85.6 Å². The van der Waals surface area contributed by atoms with Crippen LogP contribution in [0.1, 0.15) is 11.1 Å². The van der Waals surface area contributed by atoms with Crippen molar-refractivity contribution in [2.24, 2.45) is 20.9 Å². The van der Waals surface area contributed by atoms with Crippen LogP contribution in [0, 0.1) is 11.3 Å². The minimum Gasteiger partial charge on any atom is -0.192 e. The monoisotopic (exact) mass is 201 g/mol. The first-order valence-electron chi connectivity index (χ1n) is 4.22. The lowest BCUT2D eigenvalue weighted by Gasteiger charge is -2.16. The standard InChI is InChI=1S/C8H7N7/c9-5-7-3-1-2-4-8(7)6-15-13-11-10-12-14-15/h1-4H,6H2,(H,10,13,14). The first-order chi connectivity index (χ1) is 7.40. The predicted octanol–water partition coefficient (Wildman–Crippen LogP) is 1.53. The molecule has 0 saturated carbocycles. The summed E-state index contributed by atoms with van der Waals surface area (Å²) in [5, 5.41) is 24.1. The molecule has 1 aromatic carbocycles. The number of benzene rings is 1. The summed E-state index contributed by atoms with van der Waals surface area (Å²) in [6.45, 7) is 0.409. The van der Waals surface area contributed by atoms with Gasteiger partial charge in [0, 0.05) is 0 Å². The van der Waals surface area contributed by atoms with Gasteiger partial charge in [0.15, 0.2) is 0 Å². The second-order valence-corrected chi connectivity index (χ2v) is 2.79. The van der Waals surface area contributed by atoms with Gasteiger partial charge in [0.2, 0.25) is 0 Å². The molecule has 0 spiro atoms. The van der Waals surface area contributed by atoms with Crippen molar-refractivity contribution in [1.29, 1.82) is 5.26 Å². The largest absolute Gasteiger partial charge is 0.192 e. The average Bonchev–Trinajstić information content (AvgIpc) is 2.31. The fraction of sp³-hybridized carbons (Fsp3) is 0.125. The molecule has 0 saturated heterocycles. The summed E-state index contributed by atoms with van der Waals surface area (Å²) >= 11 is 0. The third kappa shape index (κ3) is 2.05. The molecule has 1 heterocycles. The number of nitrogens with zero attached hydrogens (tertiary/aromatic N) is 6. The third-order valence-corrected chi connectivity index (χ3v) is 1.85. The van der Waals surface area contributed by atoms with Crippen LogP contribution in [0.25, 0.3) is 0 Å². The normalized spacial score (nSPS) is 13.4. The second-order valence-electron chi connectivity index (χ2n) is 2.79. The zero-order chi connectivity index (χ0) is 10.5. The van der Waals surface area contributed by atoms with Gasteiger partial charge in [0.25, 0.3) is 0 Å².